The molecule has 1 aromatic carbocycles. The Bertz CT molecular complexity index is 713. The molecule has 0 aliphatic carbocycles. The van der Waals surface area contributed by atoms with Crippen LogP contribution in [0.15, 0.2) is 36.7 Å². The zero-order valence-corrected chi connectivity index (χ0v) is 8.79. The molecule has 3 aromatic rings. The monoisotopic (exact) mass is 227 g/mol. The summed E-state index contributed by atoms with van der Waals surface area (Å²) in [4.78, 5) is 13.2. The van der Waals surface area contributed by atoms with Crippen LogP contribution in [0, 0.1) is 0 Å². The van der Waals surface area contributed by atoms with Crippen molar-refractivity contribution in [1.82, 2.24) is 9.97 Å². The van der Waals surface area contributed by atoms with E-state index in [-0.39, 0.29) is 11.5 Å². The fourth-order valence-corrected chi connectivity index (χ4v) is 1.93. The molecule has 0 fully saturated rings. The molecule has 5 nitrogen and oxygen atoms in total. The lowest BCUT2D eigenvalue weighted by atomic mass is 10.1. The van der Waals surface area contributed by atoms with Crippen molar-refractivity contribution >= 4 is 21.8 Å². The van der Waals surface area contributed by atoms with Crippen LogP contribution in [0.1, 0.15) is 0 Å². The Kier molecular flexibility index (Phi) is 2.06. The Balaban J connectivity index is 2.64. The van der Waals surface area contributed by atoms with E-state index >= 15 is 0 Å². The topological polar surface area (TPSA) is 81.3 Å². The number of nitrogens with zero attached hydrogens (tertiary/aromatic N) is 2. The number of benzene rings is 1. The van der Waals surface area contributed by atoms with E-state index in [0.29, 0.717) is 21.8 Å². The predicted octanol–water partition coefficient (Wildman–Crippen LogP) is 1.74. The van der Waals surface area contributed by atoms with Gasteiger partial charge in [-0.05, 0) is 24.3 Å². The molecule has 0 atom stereocenters. The maximum atomic E-state index is 10.1. The molecule has 2 aromatic heterocycles. The molecule has 0 amide bonds. The first-order valence-electron chi connectivity index (χ1n) is 5.04. The summed E-state index contributed by atoms with van der Waals surface area (Å²) in [6, 6.07) is 7.00. The van der Waals surface area contributed by atoms with Crippen LogP contribution in [0.5, 0.6) is 11.5 Å². The average molecular weight is 227 g/mol. The van der Waals surface area contributed by atoms with Crippen molar-refractivity contribution in [2.45, 2.75) is 0 Å². The van der Waals surface area contributed by atoms with Crippen LogP contribution in [-0.4, -0.2) is 15.1 Å². The van der Waals surface area contributed by atoms with Crippen LogP contribution in [0.25, 0.3) is 21.8 Å². The summed E-state index contributed by atoms with van der Waals surface area (Å²) in [5.41, 5.74) is 1.28. The van der Waals surface area contributed by atoms with E-state index in [9.17, 15) is 5.11 Å². The minimum Gasteiger partial charge on any atom is -0.504 e. The van der Waals surface area contributed by atoms with Crippen LogP contribution in [0.4, 0.5) is 0 Å². The van der Waals surface area contributed by atoms with E-state index in [1.165, 1.54) is 0 Å². The summed E-state index contributed by atoms with van der Waals surface area (Å²) in [5.74, 6) is 5.40. The van der Waals surface area contributed by atoms with Crippen LogP contribution in [-0.2, 0) is 0 Å². The lowest BCUT2D eigenvalue weighted by Gasteiger charge is -2.09. The second-order valence-corrected chi connectivity index (χ2v) is 3.59. The smallest absolute Gasteiger partial charge is 0.198 e. The number of hydrogen-bond acceptors (Lipinski definition) is 5. The van der Waals surface area contributed by atoms with Gasteiger partial charge in [0.2, 0.25) is 0 Å². The van der Waals surface area contributed by atoms with Crippen LogP contribution in [0.2, 0.25) is 0 Å². The normalized spacial score (nSPS) is 10.9. The molecule has 84 valence electrons. The summed E-state index contributed by atoms with van der Waals surface area (Å²) < 4.78 is 0. The number of aromatic hydroxyl groups is 1. The summed E-state index contributed by atoms with van der Waals surface area (Å²) in [6.45, 7) is 0. The Morgan fingerprint density at radius 2 is 1.59 bits per heavy atom. The number of rotatable bonds is 1. The van der Waals surface area contributed by atoms with Crippen molar-refractivity contribution in [2.75, 3.05) is 0 Å². The molecule has 5 heteroatoms. The van der Waals surface area contributed by atoms with Gasteiger partial charge in [0.1, 0.15) is 11.0 Å². The van der Waals surface area contributed by atoms with Gasteiger partial charge in [0.15, 0.2) is 11.5 Å². The molecule has 0 aliphatic rings. The first-order chi connectivity index (χ1) is 8.33. The lowest BCUT2D eigenvalue weighted by Crippen LogP contribution is -2.03. The van der Waals surface area contributed by atoms with Gasteiger partial charge < -0.3 is 9.94 Å². The molecule has 0 aliphatic heterocycles. The number of phenolic OH excluding ortho intramolecular Hbond substituents is 1. The highest BCUT2D eigenvalue weighted by atomic mass is 16.6. The molecule has 0 saturated carbocycles. The summed E-state index contributed by atoms with van der Waals surface area (Å²) in [5, 5.41) is 11.3. The standard InChI is InChI=1S/C12H9N3O2/c13-17-12-8-4-2-6-15-10(8)9-7(11(12)16)3-1-5-14-9/h1-6,16H,13H2. The second-order valence-electron chi connectivity index (χ2n) is 3.59. The largest absolute Gasteiger partial charge is 0.504 e. The second kappa shape index (κ2) is 3.57. The Morgan fingerprint density at radius 3 is 2.24 bits per heavy atom. The van der Waals surface area contributed by atoms with Crippen molar-refractivity contribution in [3.05, 3.63) is 36.7 Å². The number of pyridine rings is 2. The molecule has 3 N–H and O–H groups in total. The van der Waals surface area contributed by atoms with Gasteiger partial charge in [0.05, 0.1) is 5.39 Å². The van der Waals surface area contributed by atoms with Gasteiger partial charge in [-0.3, -0.25) is 9.97 Å². The van der Waals surface area contributed by atoms with E-state index in [2.05, 4.69) is 9.97 Å². The zero-order valence-electron chi connectivity index (χ0n) is 8.79. The minimum absolute atomic E-state index is 0.0175. The van der Waals surface area contributed by atoms with Gasteiger partial charge in [0.25, 0.3) is 0 Å². The molecule has 0 radical (unpaired) electrons. The average Bonchev–Trinajstić information content (AvgIpc) is 2.40. The SMILES string of the molecule is NOc1c(O)c2cccnc2c2ncccc12. The highest BCUT2D eigenvalue weighted by Gasteiger charge is 2.15. The number of phenols is 1. The summed E-state index contributed by atoms with van der Waals surface area (Å²) >= 11 is 0. The van der Waals surface area contributed by atoms with E-state index in [1.807, 2.05) is 0 Å². The fourth-order valence-electron chi connectivity index (χ4n) is 1.93. The molecule has 2 heterocycles. The Hall–Kier alpha value is -2.40. The quantitative estimate of drug-likeness (QED) is 0.489. The zero-order chi connectivity index (χ0) is 11.8. The predicted molar refractivity (Wildman–Crippen MR) is 63.5 cm³/mol. The van der Waals surface area contributed by atoms with Crippen molar-refractivity contribution < 1.29 is 9.94 Å². The highest BCUT2D eigenvalue weighted by Crippen LogP contribution is 2.40. The Morgan fingerprint density at radius 1 is 1.00 bits per heavy atom. The van der Waals surface area contributed by atoms with E-state index in [1.54, 1.807) is 36.7 Å². The molecular weight excluding hydrogens is 218 g/mol. The number of nitrogens with two attached hydrogens (primary N) is 1. The molecular formula is C12H9N3O2. The van der Waals surface area contributed by atoms with Gasteiger partial charge in [-0.1, -0.05) is 0 Å². The molecule has 0 spiro atoms. The van der Waals surface area contributed by atoms with Gasteiger partial charge in [-0.15, -0.1) is 0 Å². The first kappa shape index (κ1) is 9.80. The molecule has 3 rings (SSSR count). The summed E-state index contributed by atoms with van der Waals surface area (Å²) in [6.07, 6.45) is 3.31. The van der Waals surface area contributed by atoms with Crippen molar-refractivity contribution in [3.8, 4) is 11.5 Å². The highest BCUT2D eigenvalue weighted by molar-refractivity contribution is 6.09. The maximum absolute atomic E-state index is 10.1. The summed E-state index contributed by atoms with van der Waals surface area (Å²) in [7, 11) is 0. The lowest BCUT2D eigenvalue weighted by molar-refractivity contribution is 0.318. The molecule has 0 saturated heterocycles. The number of aromatic nitrogens is 2. The first-order valence-corrected chi connectivity index (χ1v) is 5.04. The van der Waals surface area contributed by atoms with Crippen molar-refractivity contribution in [2.24, 2.45) is 5.90 Å². The minimum atomic E-state index is -0.0175. The van der Waals surface area contributed by atoms with Crippen LogP contribution in [0.3, 0.4) is 0 Å². The number of hydrogen-bond donors (Lipinski definition) is 2. The van der Waals surface area contributed by atoms with Crippen LogP contribution < -0.4 is 10.7 Å². The van der Waals surface area contributed by atoms with E-state index in [0.717, 1.165) is 0 Å². The third-order valence-corrected chi connectivity index (χ3v) is 2.67. The van der Waals surface area contributed by atoms with Gasteiger partial charge >= 0.3 is 0 Å². The third kappa shape index (κ3) is 1.29. The molecule has 0 unspecified atom stereocenters. The molecule has 0 bridgehead atoms. The fraction of sp³-hybridized carbons (Fsp3) is 0. The van der Waals surface area contributed by atoms with E-state index in [4.69, 9.17) is 10.7 Å². The third-order valence-electron chi connectivity index (χ3n) is 2.67. The number of fused-ring (bicyclic) bond motifs is 3. The van der Waals surface area contributed by atoms with Crippen LogP contribution >= 0.6 is 0 Å². The maximum Gasteiger partial charge on any atom is 0.198 e. The van der Waals surface area contributed by atoms with Gasteiger partial charge in [0, 0.05) is 17.8 Å². The van der Waals surface area contributed by atoms with Gasteiger partial charge in [-0.25, -0.2) is 0 Å². The Labute approximate surface area is 96.4 Å². The molecule has 17 heavy (non-hydrogen) atoms. The van der Waals surface area contributed by atoms with E-state index < -0.39 is 0 Å². The van der Waals surface area contributed by atoms with Crippen molar-refractivity contribution in [3.63, 3.8) is 0 Å². The van der Waals surface area contributed by atoms with Gasteiger partial charge in [-0.2, -0.15) is 5.90 Å². The van der Waals surface area contributed by atoms with Crippen molar-refractivity contribution in [1.29, 1.82) is 0 Å².